The van der Waals surface area contributed by atoms with E-state index < -0.39 is 0 Å². The summed E-state index contributed by atoms with van der Waals surface area (Å²) in [6, 6.07) is 0. The zero-order chi connectivity index (χ0) is 12.8. The van der Waals surface area contributed by atoms with Crippen LogP contribution in [0, 0.1) is 5.92 Å². The van der Waals surface area contributed by atoms with Gasteiger partial charge < -0.3 is 14.0 Å². The molecule has 0 aromatic carbocycles. The molecular weight excluding hydrogens is 226 g/mol. The molecule has 0 aromatic rings. The standard InChI is InChI=1S/C15H30NO2/c1-3-4-5-8-16-9-6-14(7-10-16)15(13-16)18-12-11-17-2/h14-15H,3-13H2,1-2H3/q+1. The second-order valence-corrected chi connectivity index (χ2v) is 6.14. The lowest BCUT2D eigenvalue weighted by Crippen LogP contribution is -2.64. The van der Waals surface area contributed by atoms with Gasteiger partial charge in [-0.15, -0.1) is 0 Å². The van der Waals surface area contributed by atoms with E-state index in [1.165, 1.54) is 62.8 Å². The molecule has 3 nitrogen and oxygen atoms in total. The maximum absolute atomic E-state index is 6.05. The highest BCUT2D eigenvalue weighted by atomic mass is 16.5. The zero-order valence-corrected chi connectivity index (χ0v) is 12.2. The molecule has 2 bridgehead atoms. The summed E-state index contributed by atoms with van der Waals surface area (Å²) in [5.74, 6) is 0.827. The topological polar surface area (TPSA) is 18.5 Å². The third-order valence-corrected chi connectivity index (χ3v) is 4.90. The van der Waals surface area contributed by atoms with E-state index in [1.54, 1.807) is 7.11 Å². The van der Waals surface area contributed by atoms with Gasteiger partial charge in [-0.05, 0) is 12.8 Å². The summed E-state index contributed by atoms with van der Waals surface area (Å²) in [6.07, 6.45) is 7.37. The molecule has 3 rings (SSSR count). The Morgan fingerprint density at radius 1 is 1.11 bits per heavy atom. The summed E-state index contributed by atoms with van der Waals surface area (Å²) >= 11 is 0. The number of nitrogens with zero attached hydrogens (tertiary/aromatic N) is 1. The monoisotopic (exact) mass is 256 g/mol. The second kappa shape index (κ2) is 6.88. The summed E-state index contributed by atoms with van der Waals surface area (Å²) in [5, 5.41) is 0. The van der Waals surface area contributed by atoms with Crippen molar-refractivity contribution in [3.05, 3.63) is 0 Å². The summed E-state index contributed by atoms with van der Waals surface area (Å²) in [5.41, 5.74) is 0. The molecule has 0 aromatic heterocycles. The number of quaternary nitrogens is 1. The summed E-state index contributed by atoms with van der Waals surface area (Å²) in [4.78, 5) is 0. The predicted octanol–water partition coefficient (Wildman–Crippen LogP) is 2.45. The Kier molecular flexibility index (Phi) is 5.46. The number of fused-ring (bicyclic) bond motifs is 3. The van der Waals surface area contributed by atoms with Gasteiger partial charge in [-0.1, -0.05) is 13.3 Å². The van der Waals surface area contributed by atoms with Crippen molar-refractivity contribution in [2.24, 2.45) is 5.92 Å². The molecule has 0 saturated carbocycles. The number of hydrogen-bond donors (Lipinski definition) is 0. The molecule has 0 aliphatic carbocycles. The minimum absolute atomic E-state index is 0.504. The van der Waals surface area contributed by atoms with Gasteiger partial charge in [0.25, 0.3) is 0 Å². The lowest BCUT2D eigenvalue weighted by Gasteiger charge is -2.52. The summed E-state index contributed by atoms with van der Waals surface area (Å²) < 4.78 is 12.5. The molecule has 18 heavy (non-hydrogen) atoms. The summed E-state index contributed by atoms with van der Waals surface area (Å²) in [7, 11) is 1.75. The summed E-state index contributed by atoms with van der Waals surface area (Å²) in [6.45, 7) is 9.24. The van der Waals surface area contributed by atoms with Crippen LogP contribution in [0.15, 0.2) is 0 Å². The number of unbranched alkanes of at least 4 members (excludes halogenated alkanes) is 2. The van der Waals surface area contributed by atoms with Crippen molar-refractivity contribution in [1.29, 1.82) is 0 Å². The van der Waals surface area contributed by atoms with E-state index in [9.17, 15) is 0 Å². The first-order valence-electron chi connectivity index (χ1n) is 7.75. The highest BCUT2D eigenvalue weighted by molar-refractivity contribution is 4.80. The van der Waals surface area contributed by atoms with Crippen molar-refractivity contribution in [3.63, 3.8) is 0 Å². The maximum Gasteiger partial charge on any atom is 0.110 e. The molecule has 0 amide bonds. The van der Waals surface area contributed by atoms with Crippen LogP contribution in [0.2, 0.25) is 0 Å². The Morgan fingerprint density at radius 3 is 2.56 bits per heavy atom. The van der Waals surface area contributed by atoms with Crippen LogP contribution >= 0.6 is 0 Å². The Balaban J connectivity index is 1.81. The molecule has 3 heterocycles. The average Bonchev–Trinajstić information content (AvgIpc) is 2.41. The average molecular weight is 256 g/mol. The van der Waals surface area contributed by atoms with Crippen LogP contribution in [-0.2, 0) is 9.47 Å². The van der Waals surface area contributed by atoms with Crippen molar-refractivity contribution < 1.29 is 14.0 Å². The number of rotatable bonds is 8. The molecular formula is C15H30NO2+. The van der Waals surface area contributed by atoms with Crippen LogP contribution < -0.4 is 0 Å². The Bertz CT molecular complexity index is 237. The van der Waals surface area contributed by atoms with Gasteiger partial charge in [-0.25, -0.2) is 0 Å². The van der Waals surface area contributed by atoms with Gasteiger partial charge in [0.2, 0.25) is 0 Å². The number of hydrogen-bond acceptors (Lipinski definition) is 2. The van der Waals surface area contributed by atoms with Gasteiger partial charge in [0.1, 0.15) is 12.6 Å². The Morgan fingerprint density at radius 2 is 1.89 bits per heavy atom. The largest absolute Gasteiger partial charge is 0.382 e. The fourth-order valence-corrected chi connectivity index (χ4v) is 3.70. The van der Waals surface area contributed by atoms with Crippen LogP contribution in [0.4, 0.5) is 0 Å². The lowest BCUT2D eigenvalue weighted by atomic mass is 9.83. The number of methoxy groups -OCH3 is 1. The van der Waals surface area contributed by atoms with Gasteiger partial charge in [-0.3, -0.25) is 0 Å². The van der Waals surface area contributed by atoms with E-state index in [1.807, 2.05) is 0 Å². The quantitative estimate of drug-likeness (QED) is 0.490. The SMILES string of the molecule is CCCCC[N+]12CCC(CC1)C(OCCOC)C2. The minimum Gasteiger partial charge on any atom is -0.382 e. The first-order valence-corrected chi connectivity index (χ1v) is 7.75. The van der Waals surface area contributed by atoms with E-state index in [0.717, 1.165) is 19.1 Å². The molecule has 0 spiro atoms. The normalized spacial score (nSPS) is 35.0. The predicted molar refractivity (Wildman–Crippen MR) is 73.6 cm³/mol. The van der Waals surface area contributed by atoms with Gasteiger partial charge in [0, 0.05) is 25.9 Å². The van der Waals surface area contributed by atoms with Crippen molar-refractivity contribution in [2.75, 3.05) is 46.5 Å². The fraction of sp³-hybridized carbons (Fsp3) is 1.00. The van der Waals surface area contributed by atoms with Crippen molar-refractivity contribution in [3.8, 4) is 0 Å². The number of piperidine rings is 3. The zero-order valence-electron chi connectivity index (χ0n) is 12.2. The molecule has 1 unspecified atom stereocenters. The van der Waals surface area contributed by atoms with Crippen LogP contribution in [0.25, 0.3) is 0 Å². The van der Waals surface area contributed by atoms with E-state index in [-0.39, 0.29) is 0 Å². The van der Waals surface area contributed by atoms with Crippen LogP contribution in [0.1, 0.15) is 39.0 Å². The van der Waals surface area contributed by atoms with Crippen molar-refractivity contribution in [1.82, 2.24) is 0 Å². The molecule has 3 aliphatic rings. The van der Waals surface area contributed by atoms with E-state index in [4.69, 9.17) is 9.47 Å². The highest BCUT2D eigenvalue weighted by Crippen LogP contribution is 2.35. The van der Waals surface area contributed by atoms with Crippen LogP contribution in [0.3, 0.4) is 0 Å². The van der Waals surface area contributed by atoms with Crippen LogP contribution in [-0.4, -0.2) is 57.1 Å². The lowest BCUT2D eigenvalue weighted by molar-refractivity contribution is -0.946. The van der Waals surface area contributed by atoms with E-state index in [0.29, 0.717) is 6.10 Å². The molecule has 3 fully saturated rings. The van der Waals surface area contributed by atoms with Crippen LogP contribution in [0.5, 0.6) is 0 Å². The Labute approximate surface area is 112 Å². The molecule has 3 saturated heterocycles. The van der Waals surface area contributed by atoms with E-state index >= 15 is 0 Å². The molecule has 0 N–H and O–H groups in total. The maximum atomic E-state index is 6.05. The molecule has 3 aliphatic heterocycles. The van der Waals surface area contributed by atoms with Gasteiger partial charge in [0.05, 0.1) is 32.8 Å². The van der Waals surface area contributed by atoms with Gasteiger partial charge in [-0.2, -0.15) is 0 Å². The first-order chi connectivity index (χ1) is 8.79. The first kappa shape index (κ1) is 14.3. The van der Waals surface area contributed by atoms with Gasteiger partial charge in [0.15, 0.2) is 0 Å². The third kappa shape index (κ3) is 3.46. The van der Waals surface area contributed by atoms with Gasteiger partial charge >= 0.3 is 0 Å². The second-order valence-electron chi connectivity index (χ2n) is 6.14. The number of ether oxygens (including phenoxy) is 2. The van der Waals surface area contributed by atoms with Crippen molar-refractivity contribution in [2.45, 2.75) is 45.1 Å². The third-order valence-electron chi connectivity index (χ3n) is 4.90. The minimum atomic E-state index is 0.504. The fourth-order valence-electron chi connectivity index (χ4n) is 3.70. The molecule has 3 heteroatoms. The van der Waals surface area contributed by atoms with E-state index in [2.05, 4.69) is 6.92 Å². The highest BCUT2D eigenvalue weighted by Gasteiger charge is 2.45. The molecule has 106 valence electrons. The van der Waals surface area contributed by atoms with Crippen molar-refractivity contribution >= 4 is 0 Å². The molecule has 0 radical (unpaired) electrons. The molecule has 1 atom stereocenters. The smallest absolute Gasteiger partial charge is 0.110 e. The Hall–Kier alpha value is -0.120.